The first kappa shape index (κ1) is 16.8. The Bertz CT molecular complexity index is 850. The zero-order chi connectivity index (χ0) is 17.3. The molecule has 1 heterocycles. The average Bonchev–Trinajstić information content (AvgIpc) is 2.84. The summed E-state index contributed by atoms with van der Waals surface area (Å²) < 4.78 is 5.12. The number of methoxy groups -OCH3 is 1. The summed E-state index contributed by atoms with van der Waals surface area (Å²) in [7, 11) is 1.58. The molecule has 0 bridgehead atoms. The minimum atomic E-state index is -0.254. The number of hydrogen-bond acceptors (Lipinski definition) is 3. The van der Waals surface area contributed by atoms with Gasteiger partial charge in [0, 0.05) is 10.0 Å². The fourth-order valence-electron chi connectivity index (χ4n) is 2.27. The molecular formula is C17H12Cl2N2O2S. The van der Waals surface area contributed by atoms with Crippen LogP contribution in [-0.2, 0) is 4.79 Å². The SMILES string of the molecule is COc1ccc(N2C(=O)/C(=C/c3ccc(Cl)cc3Cl)NC2=S)cc1. The van der Waals surface area contributed by atoms with Crippen LogP contribution >= 0.6 is 35.4 Å². The Morgan fingerprint density at radius 2 is 1.88 bits per heavy atom. The largest absolute Gasteiger partial charge is 0.497 e. The van der Waals surface area contributed by atoms with Gasteiger partial charge in [0.05, 0.1) is 12.8 Å². The van der Waals surface area contributed by atoms with Gasteiger partial charge in [-0.25, -0.2) is 0 Å². The van der Waals surface area contributed by atoms with Gasteiger partial charge in [0.2, 0.25) is 0 Å². The number of rotatable bonds is 3. The molecule has 0 aromatic heterocycles. The highest BCUT2D eigenvalue weighted by Crippen LogP contribution is 2.27. The van der Waals surface area contributed by atoms with Crippen molar-refractivity contribution in [2.45, 2.75) is 0 Å². The standard InChI is InChI=1S/C17H12Cl2N2O2S/c1-23-13-6-4-12(5-7-13)21-16(22)15(20-17(21)24)8-10-2-3-11(18)9-14(10)19/h2-9H,1H3,(H,20,24)/b15-8-. The number of halogens is 2. The number of thiocarbonyl (C=S) groups is 1. The molecule has 2 aromatic rings. The van der Waals surface area contributed by atoms with Gasteiger partial charge in [0.1, 0.15) is 11.4 Å². The highest BCUT2D eigenvalue weighted by molar-refractivity contribution is 7.80. The average molecular weight is 379 g/mol. The second kappa shape index (κ2) is 6.81. The van der Waals surface area contributed by atoms with Gasteiger partial charge in [-0.05, 0) is 60.3 Å². The van der Waals surface area contributed by atoms with Crippen LogP contribution in [0, 0.1) is 0 Å². The third-order valence-corrected chi connectivity index (χ3v) is 4.32. The summed E-state index contributed by atoms with van der Waals surface area (Å²) >= 11 is 17.3. The van der Waals surface area contributed by atoms with Crippen molar-refractivity contribution in [3.05, 3.63) is 63.8 Å². The molecule has 1 fully saturated rings. The second-order valence-corrected chi connectivity index (χ2v) is 6.22. The third kappa shape index (κ3) is 3.24. The number of nitrogens with zero attached hydrogens (tertiary/aromatic N) is 1. The van der Waals surface area contributed by atoms with E-state index in [0.717, 1.165) is 0 Å². The van der Waals surface area contributed by atoms with Crippen LogP contribution in [-0.4, -0.2) is 18.1 Å². The molecule has 1 aliphatic heterocycles. The quantitative estimate of drug-likeness (QED) is 0.639. The molecule has 0 atom stereocenters. The zero-order valence-corrected chi connectivity index (χ0v) is 14.9. The molecule has 122 valence electrons. The molecule has 0 spiro atoms. The molecule has 7 heteroatoms. The van der Waals surface area contributed by atoms with Crippen LogP contribution in [0.15, 0.2) is 48.2 Å². The van der Waals surface area contributed by atoms with Crippen molar-refractivity contribution in [2.75, 3.05) is 12.0 Å². The van der Waals surface area contributed by atoms with Crippen LogP contribution in [0.3, 0.4) is 0 Å². The van der Waals surface area contributed by atoms with Crippen LogP contribution in [0.2, 0.25) is 10.0 Å². The lowest BCUT2D eigenvalue weighted by Gasteiger charge is -2.14. The maximum Gasteiger partial charge on any atom is 0.281 e. The van der Waals surface area contributed by atoms with E-state index in [4.69, 9.17) is 40.2 Å². The minimum Gasteiger partial charge on any atom is -0.497 e. The summed E-state index contributed by atoms with van der Waals surface area (Å²) in [5.74, 6) is 0.448. The van der Waals surface area contributed by atoms with Gasteiger partial charge in [-0.2, -0.15) is 0 Å². The van der Waals surface area contributed by atoms with Gasteiger partial charge in [0.25, 0.3) is 5.91 Å². The Morgan fingerprint density at radius 3 is 2.50 bits per heavy atom. The maximum absolute atomic E-state index is 12.7. The molecule has 0 unspecified atom stereocenters. The summed E-state index contributed by atoms with van der Waals surface area (Å²) in [4.78, 5) is 14.1. The highest BCUT2D eigenvalue weighted by Gasteiger charge is 2.32. The van der Waals surface area contributed by atoms with Gasteiger partial charge in [0.15, 0.2) is 5.11 Å². The molecule has 4 nitrogen and oxygen atoms in total. The van der Waals surface area contributed by atoms with Crippen molar-refractivity contribution < 1.29 is 9.53 Å². The molecule has 2 aromatic carbocycles. The number of benzene rings is 2. The molecule has 0 aliphatic carbocycles. The molecule has 1 aliphatic rings. The Balaban J connectivity index is 1.92. The Morgan fingerprint density at radius 1 is 1.17 bits per heavy atom. The van der Waals surface area contributed by atoms with Crippen LogP contribution < -0.4 is 15.0 Å². The molecule has 1 N–H and O–H groups in total. The molecule has 3 rings (SSSR count). The number of nitrogens with one attached hydrogen (secondary N) is 1. The molecule has 0 saturated carbocycles. The van der Waals surface area contributed by atoms with Crippen LogP contribution in [0.1, 0.15) is 5.56 Å². The topological polar surface area (TPSA) is 41.6 Å². The van der Waals surface area contributed by atoms with Gasteiger partial charge in [-0.1, -0.05) is 29.3 Å². The first-order valence-electron chi connectivity index (χ1n) is 6.96. The smallest absolute Gasteiger partial charge is 0.281 e. The fraction of sp³-hybridized carbons (Fsp3) is 0.0588. The summed E-state index contributed by atoms with van der Waals surface area (Å²) in [5.41, 5.74) is 1.68. The Hall–Kier alpha value is -2.08. The van der Waals surface area contributed by atoms with E-state index in [-0.39, 0.29) is 5.91 Å². The monoisotopic (exact) mass is 378 g/mol. The van der Waals surface area contributed by atoms with Crippen LogP contribution in [0.5, 0.6) is 5.75 Å². The van der Waals surface area contributed by atoms with Crippen molar-refractivity contribution >= 4 is 58.2 Å². The van der Waals surface area contributed by atoms with Gasteiger partial charge in [-0.15, -0.1) is 0 Å². The summed E-state index contributed by atoms with van der Waals surface area (Å²) in [6.45, 7) is 0. The van der Waals surface area contributed by atoms with E-state index in [9.17, 15) is 4.79 Å². The van der Waals surface area contributed by atoms with Crippen molar-refractivity contribution in [3.8, 4) is 5.75 Å². The molecule has 0 radical (unpaired) electrons. The third-order valence-electron chi connectivity index (χ3n) is 3.47. The van der Waals surface area contributed by atoms with Gasteiger partial charge < -0.3 is 10.1 Å². The number of carbonyl (C=O) groups excluding carboxylic acids is 1. The fourth-order valence-corrected chi connectivity index (χ4v) is 3.04. The van der Waals surface area contributed by atoms with Crippen molar-refractivity contribution in [1.29, 1.82) is 0 Å². The lowest BCUT2D eigenvalue weighted by molar-refractivity contribution is -0.113. The van der Waals surface area contributed by atoms with E-state index >= 15 is 0 Å². The molecule has 1 saturated heterocycles. The minimum absolute atomic E-state index is 0.254. The second-order valence-electron chi connectivity index (χ2n) is 4.99. The van der Waals surface area contributed by atoms with Crippen molar-refractivity contribution in [1.82, 2.24) is 5.32 Å². The summed E-state index contributed by atoms with van der Waals surface area (Å²) in [6, 6.07) is 12.1. The predicted molar refractivity (Wildman–Crippen MR) is 101 cm³/mol. The van der Waals surface area contributed by atoms with Crippen molar-refractivity contribution in [3.63, 3.8) is 0 Å². The molecule has 1 amide bonds. The number of anilines is 1. The number of amides is 1. The number of ether oxygens (including phenoxy) is 1. The highest BCUT2D eigenvalue weighted by atomic mass is 35.5. The maximum atomic E-state index is 12.7. The van der Waals surface area contributed by atoms with E-state index in [2.05, 4.69) is 5.32 Å². The lowest BCUT2D eigenvalue weighted by Crippen LogP contribution is -2.30. The van der Waals surface area contributed by atoms with E-state index in [1.165, 1.54) is 4.90 Å². The van der Waals surface area contributed by atoms with E-state index in [1.807, 2.05) is 0 Å². The molecule has 24 heavy (non-hydrogen) atoms. The predicted octanol–water partition coefficient (Wildman–Crippen LogP) is 4.26. The first-order chi connectivity index (χ1) is 11.5. The normalized spacial score (nSPS) is 15.8. The van der Waals surface area contributed by atoms with E-state index in [0.29, 0.717) is 37.9 Å². The first-order valence-corrected chi connectivity index (χ1v) is 8.12. The summed E-state index contributed by atoms with van der Waals surface area (Å²) in [5, 5.41) is 4.21. The number of hydrogen-bond donors (Lipinski definition) is 1. The van der Waals surface area contributed by atoms with E-state index < -0.39 is 0 Å². The molecular weight excluding hydrogens is 367 g/mol. The Kier molecular flexibility index (Phi) is 4.76. The Labute approximate surface area is 154 Å². The van der Waals surface area contributed by atoms with Crippen LogP contribution in [0.4, 0.5) is 5.69 Å². The van der Waals surface area contributed by atoms with E-state index in [1.54, 1.807) is 55.7 Å². The zero-order valence-electron chi connectivity index (χ0n) is 12.5. The number of carbonyl (C=O) groups is 1. The van der Waals surface area contributed by atoms with Gasteiger partial charge in [-0.3, -0.25) is 9.69 Å². The lowest BCUT2D eigenvalue weighted by atomic mass is 10.2. The van der Waals surface area contributed by atoms with Crippen LogP contribution in [0.25, 0.3) is 6.08 Å². The van der Waals surface area contributed by atoms with Crippen molar-refractivity contribution in [2.24, 2.45) is 0 Å². The van der Waals surface area contributed by atoms with Gasteiger partial charge >= 0.3 is 0 Å². The summed E-state index contributed by atoms with van der Waals surface area (Å²) in [6.07, 6.45) is 1.65.